The molecule has 1 fully saturated rings. The fourth-order valence-corrected chi connectivity index (χ4v) is 6.59. The summed E-state index contributed by atoms with van der Waals surface area (Å²) in [5.74, 6) is -1.23. The van der Waals surface area contributed by atoms with Gasteiger partial charge in [-0.2, -0.15) is 5.10 Å². The average Bonchev–Trinajstić information content (AvgIpc) is 3.40. The minimum absolute atomic E-state index is 0.0110. The predicted octanol–water partition coefficient (Wildman–Crippen LogP) is 3.65. The molecule has 3 N–H and O–H groups in total. The number of pyridine rings is 1. The van der Waals surface area contributed by atoms with Crippen LogP contribution in [0.2, 0.25) is 25.7 Å². The first-order valence-corrected chi connectivity index (χ1v) is 19.1. The Kier molecular flexibility index (Phi) is 10.3. The number of piperazine rings is 1. The van der Waals surface area contributed by atoms with Crippen molar-refractivity contribution in [1.29, 1.82) is 0 Å². The van der Waals surface area contributed by atoms with Gasteiger partial charge < -0.3 is 30.5 Å². The summed E-state index contributed by atoms with van der Waals surface area (Å²) in [6.07, 6.45) is 3.02. The number of fused-ring (bicyclic) bond motifs is 1. The number of nitrogens with zero attached hydrogens (tertiary/aromatic N) is 6. The van der Waals surface area contributed by atoms with E-state index in [-0.39, 0.29) is 37.6 Å². The van der Waals surface area contributed by atoms with Gasteiger partial charge in [0.15, 0.2) is 0 Å². The maximum atomic E-state index is 13.9. The van der Waals surface area contributed by atoms with E-state index in [9.17, 15) is 14.4 Å². The van der Waals surface area contributed by atoms with Crippen molar-refractivity contribution in [3.63, 3.8) is 0 Å². The third kappa shape index (κ3) is 8.08. The topological polar surface area (TPSA) is 139 Å². The second kappa shape index (κ2) is 13.7. The van der Waals surface area contributed by atoms with Crippen LogP contribution in [0.5, 0.6) is 0 Å². The molecule has 0 spiro atoms. The lowest BCUT2D eigenvalue weighted by molar-refractivity contribution is -0.155. The third-order valence-corrected chi connectivity index (χ3v) is 9.80. The number of benzene rings is 1. The zero-order valence-corrected chi connectivity index (χ0v) is 28.8. The minimum atomic E-state index is -1.27. The van der Waals surface area contributed by atoms with Gasteiger partial charge in [0.05, 0.1) is 40.4 Å². The number of nitrogen functional groups attached to an aromatic ring is 1. The van der Waals surface area contributed by atoms with Gasteiger partial charge in [-0.25, -0.2) is 9.67 Å². The van der Waals surface area contributed by atoms with E-state index in [1.54, 1.807) is 15.8 Å². The number of carbonyl (C=O) groups excluding carboxylic acids is 3. The number of aromatic nitrogens is 3. The van der Waals surface area contributed by atoms with Crippen molar-refractivity contribution < 1.29 is 19.1 Å². The standard InChI is InChI=1S/C32H48N8O4Si/c1-22-18-39(26(23-12-10-9-11-13-23)19-38(22)31(43)32(2,3)20-37(4)5)30(42)29(41)36-25-17-34-28(33)24-16-35-40(27(24)25)21-44-14-15-45(6,7)8/h9-13,16-17,22,26H,14-15,18-21H2,1-8H3,(H2,33,34)(H,36,41)/t22-,26-/m1/s1. The van der Waals surface area contributed by atoms with Crippen LogP contribution in [0.25, 0.3) is 10.9 Å². The molecule has 0 radical (unpaired) electrons. The van der Waals surface area contributed by atoms with E-state index < -0.39 is 31.3 Å². The zero-order valence-electron chi connectivity index (χ0n) is 27.8. The lowest BCUT2D eigenvalue weighted by Crippen LogP contribution is -2.61. The Labute approximate surface area is 266 Å². The van der Waals surface area contributed by atoms with Crippen molar-refractivity contribution in [2.75, 3.05) is 51.4 Å². The Morgan fingerprint density at radius 1 is 1.09 bits per heavy atom. The second-order valence-corrected chi connectivity index (χ2v) is 19.7. The molecule has 1 aromatic carbocycles. The maximum absolute atomic E-state index is 13.9. The molecule has 244 valence electrons. The van der Waals surface area contributed by atoms with E-state index in [1.807, 2.05) is 75.0 Å². The van der Waals surface area contributed by atoms with Crippen LogP contribution in [0.15, 0.2) is 42.7 Å². The summed E-state index contributed by atoms with van der Waals surface area (Å²) < 4.78 is 7.52. The predicted molar refractivity (Wildman–Crippen MR) is 179 cm³/mol. The molecule has 3 amide bonds. The first-order chi connectivity index (χ1) is 21.1. The molecule has 1 aliphatic heterocycles. The number of anilines is 2. The number of hydrogen-bond donors (Lipinski definition) is 2. The van der Waals surface area contributed by atoms with Gasteiger partial charge in [0.2, 0.25) is 5.91 Å². The molecule has 0 bridgehead atoms. The van der Waals surface area contributed by atoms with Crippen molar-refractivity contribution in [2.24, 2.45) is 5.41 Å². The van der Waals surface area contributed by atoms with Gasteiger partial charge in [-0.1, -0.05) is 50.0 Å². The second-order valence-electron chi connectivity index (χ2n) is 14.1. The Morgan fingerprint density at radius 3 is 2.42 bits per heavy atom. The molecular weight excluding hydrogens is 588 g/mol. The molecule has 0 aliphatic carbocycles. The van der Waals surface area contributed by atoms with Crippen LogP contribution >= 0.6 is 0 Å². The highest BCUT2D eigenvalue weighted by Crippen LogP contribution is 2.32. The lowest BCUT2D eigenvalue weighted by Gasteiger charge is -2.47. The van der Waals surface area contributed by atoms with Crippen LogP contribution in [-0.4, -0.2) is 102 Å². The van der Waals surface area contributed by atoms with Crippen molar-refractivity contribution in [2.45, 2.75) is 65.3 Å². The number of amides is 3. The van der Waals surface area contributed by atoms with Gasteiger partial charge in [-0.3, -0.25) is 14.4 Å². The van der Waals surface area contributed by atoms with Crippen LogP contribution < -0.4 is 11.1 Å². The van der Waals surface area contributed by atoms with Gasteiger partial charge in [0.1, 0.15) is 12.5 Å². The molecule has 0 saturated carbocycles. The number of rotatable bonds is 10. The van der Waals surface area contributed by atoms with Crippen LogP contribution in [-0.2, 0) is 25.9 Å². The summed E-state index contributed by atoms with van der Waals surface area (Å²) in [5.41, 5.74) is 7.19. The normalized spacial score (nSPS) is 17.6. The van der Waals surface area contributed by atoms with Gasteiger partial charge >= 0.3 is 11.8 Å². The number of ether oxygens (including phenoxy) is 1. The van der Waals surface area contributed by atoms with Crippen LogP contribution in [0.1, 0.15) is 32.4 Å². The Bertz CT molecular complexity index is 1520. The molecule has 12 nitrogen and oxygen atoms in total. The van der Waals surface area contributed by atoms with E-state index in [2.05, 4.69) is 35.0 Å². The van der Waals surface area contributed by atoms with E-state index >= 15 is 0 Å². The average molecular weight is 637 g/mol. The van der Waals surface area contributed by atoms with Gasteiger partial charge in [0, 0.05) is 40.4 Å². The first kappa shape index (κ1) is 34.1. The summed E-state index contributed by atoms with van der Waals surface area (Å²) >= 11 is 0. The number of carbonyl (C=O) groups is 3. The van der Waals surface area contributed by atoms with E-state index in [0.29, 0.717) is 29.7 Å². The summed E-state index contributed by atoms with van der Waals surface area (Å²) in [5, 5.41) is 7.74. The molecule has 0 unspecified atom stereocenters. The van der Waals surface area contributed by atoms with Crippen LogP contribution in [0.3, 0.4) is 0 Å². The lowest BCUT2D eigenvalue weighted by atomic mass is 9.88. The first-order valence-electron chi connectivity index (χ1n) is 15.4. The highest BCUT2D eigenvalue weighted by atomic mass is 28.3. The van der Waals surface area contributed by atoms with Gasteiger partial charge in [-0.05, 0) is 46.5 Å². The third-order valence-electron chi connectivity index (χ3n) is 8.09. The van der Waals surface area contributed by atoms with Crippen molar-refractivity contribution in [1.82, 2.24) is 29.5 Å². The smallest absolute Gasteiger partial charge is 0.314 e. The quantitative estimate of drug-likeness (QED) is 0.195. The SMILES string of the molecule is C[C@@H]1CN(C(=O)C(=O)Nc2cnc(N)c3cnn(COCC[Si](C)(C)C)c23)[C@@H](c2ccccc2)CN1C(=O)C(C)(C)CN(C)C. The number of nitrogens with one attached hydrogen (secondary N) is 1. The van der Waals surface area contributed by atoms with Crippen molar-refractivity contribution in [3.8, 4) is 0 Å². The van der Waals surface area contributed by atoms with Gasteiger partial charge in [-0.15, -0.1) is 0 Å². The van der Waals surface area contributed by atoms with E-state index in [4.69, 9.17) is 10.5 Å². The molecule has 4 rings (SSSR count). The summed E-state index contributed by atoms with van der Waals surface area (Å²) in [4.78, 5) is 50.9. The highest BCUT2D eigenvalue weighted by molar-refractivity contribution is 6.76. The van der Waals surface area contributed by atoms with Crippen LogP contribution in [0, 0.1) is 5.41 Å². The largest absolute Gasteiger partial charge is 0.383 e. The molecule has 1 saturated heterocycles. The summed E-state index contributed by atoms with van der Waals surface area (Å²) in [6, 6.07) is 9.71. The molecule has 45 heavy (non-hydrogen) atoms. The molecule has 2 atom stereocenters. The zero-order chi connectivity index (χ0) is 33.1. The summed E-state index contributed by atoms with van der Waals surface area (Å²) in [6.45, 7) is 14.5. The highest BCUT2D eigenvalue weighted by Gasteiger charge is 2.43. The number of hydrogen-bond acceptors (Lipinski definition) is 8. The number of nitrogens with two attached hydrogens (primary N) is 1. The van der Waals surface area contributed by atoms with Gasteiger partial charge in [0.25, 0.3) is 0 Å². The van der Waals surface area contributed by atoms with E-state index in [0.717, 1.165) is 11.6 Å². The molecule has 1 aliphatic rings. The fraction of sp³-hybridized carbons (Fsp3) is 0.531. The molecule has 3 heterocycles. The molecule has 13 heteroatoms. The monoisotopic (exact) mass is 636 g/mol. The minimum Gasteiger partial charge on any atom is -0.383 e. The van der Waals surface area contributed by atoms with Crippen molar-refractivity contribution >= 4 is 48.2 Å². The van der Waals surface area contributed by atoms with E-state index in [1.165, 1.54) is 6.20 Å². The maximum Gasteiger partial charge on any atom is 0.314 e. The molecule has 3 aromatic rings. The van der Waals surface area contributed by atoms with Crippen LogP contribution in [0.4, 0.5) is 11.5 Å². The summed E-state index contributed by atoms with van der Waals surface area (Å²) in [7, 11) is 2.61. The fourth-order valence-electron chi connectivity index (χ4n) is 5.84. The Hall–Kier alpha value is -3.81. The molecule has 2 aromatic heterocycles. The Balaban J connectivity index is 1.58. The Morgan fingerprint density at radius 2 is 1.78 bits per heavy atom. The molecular formula is C32H48N8O4Si. The van der Waals surface area contributed by atoms with Crippen molar-refractivity contribution in [3.05, 3.63) is 48.3 Å².